The molecular formula is C16H18N2O5. The molecule has 4 rings (SSSR count). The van der Waals surface area contributed by atoms with E-state index < -0.39 is 22.7 Å². The molecular weight excluding hydrogens is 300 g/mol. The molecule has 2 bridgehead atoms. The fraction of sp³-hybridized carbons (Fsp3) is 0.500. The molecule has 0 radical (unpaired) electrons. The predicted octanol–water partition coefficient (Wildman–Crippen LogP) is 2.67. The molecule has 2 atom stereocenters. The van der Waals surface area contributed by atoms with Crippen LogP contribution >= 0.6 is 0 Å². The maximum Gasteiger partial charge on any atom is 0.307 e. The van der Waals surface area contributed by atoms with Crippen molar-refractivity contribution in [2.75, 3.05) is 5.32 Å². The average molecular weight is 318 g/mol. The molecule has 2 N–H and O–H groups in total. The molecule has 1 amide bonds. The Labute approximate surface area is 132 Å². The number of non-ortho nitro benzene ring substituents is 1. The summed E-state index contributed by atoms with van der Waals surface area (Å²) in [6, 6.07) is 5.70. The van der Waals surface area contributed by atoms with Gasteiger partial charge in [-0.2, -0.15) is 0 Å². The van der Waals surface area contributed by atoms with Crippen molar-refractivity contribution in [2.24, 2.45) is 23.7 Å². The highest BCUT2D eigenvalue weighted by Crippen LogP contribution is 2.49. The van der Waals surface area contributed by atoms with Gasteiger partial charge in [-0.25, -0.2) is 0 Å². The van der Waals surface area contributed by atoms with Crippen molar-refractivity contribution in [2.45, 2.75) is 25.7 Å². The summed E-state index contributed by atoms with van der Waals surface area (Å²) in [5.41, 5.74) is 0.220. The number of aliphatic carboxylic acids is 1. The molecule has 122 valence electrons. The molecule has 1 aromatic rings. The molecule has 0 heterocycles. The number of nitrogens with one attached hydrogen (secondary N) is 1. The Bertz CT molecular complexity index is 652. The minimum absolute atomic E-state index is 0.0540. The minimum atomic E-state index is -0.918. The molecule has 0 spiro atoms. The molecule has 7 nitrogen and oxygen atoms in total. The Morgan fingerprint density at radius 2 is 1.74 bits per heavy atom. The first kappa shape index (κ1) is 15.5. The molecule has 0 aromatic heterocycles. The van der Waals surface area contributed by atoms with Gasteiger partial charge in [0.05, 0.1) is 16.8 Å². The van der Waals surface area contributed by atoms with E-state index in [-0.39, 0.29) is 23.4 Å². The molecule has 3 aliphatic rings. The van der Waals surface area contributed by atoms with E-state index in [4.69, 9.17) is 0 Å². The molecule has 3 aliphatic carbocycles. The summed E-state index contributed by atoms with van der Waals surface area (Å²) in [5, 5.41) is 23.0. The van der Waals surface area contributed by atoms with Gasteiger partial charge >= 0.3 is 5.97 Å². The van der Waals surface area contributed by atoms with Gasteiger partial charge in [-0.05, 0) is 43.6 Å². The average Bonchev–Trinajstić information content (AvgIpc) is 2.55. The van der Waals surface area contributed by atoms with Crippen LogP contribution in [0.25, 0.3) is 0 Å². The Morgan fingerprint density at radius 3 is 2.30 bits per heavy atom. The van der Waals surface area contributed by atoms with E-state index in [1.807, 2.05) is 0 Å². The Kier molecular flexibility index (Phi) is 4.02. The van der Waals surface area contributed by atoms with Gasteiger partial charge in [0.1, 0.15) is 0 Å². The number of amides is 1. The first-order valence-corrected chi connectivity index (χ1v) is 7.75. The van der Waals surface area contributed by atoms with E-state index in [0.717, 1.165) is 25.7 Å². The summed E-state index contributed by atoms with van der Waals surface area (Å²) in [4.78, 5) is 34.5. The number of fused-ring (bicyclic) bond motifs is 3. The summed E-state index contributed by atoms with van der Waals surface area (Å²) in [6.07, 6.45) is 3.48. The van der Waals surface area contributed by atoms with Crippen molar-refractivity contribution < 1.29 is 19.6 Å². The van der Waals surface area contributed by atoms with Crippen LogP contribution in [0.2, 0.25) is 0 Å². The third-order valence-corrected chi connectivity index (χ3v) is 5.13. The fourth-order valence-electron chi connectivity index (χ4n) is 4.10. The number of carboxylic acid groups (broad SMARTS) is 1. The second kappa shape index (κ2) is 5.98. The zero-order chi connectivity index (χ0) is 16.6. The van der Waals surface area contributed by atoms with E-state index in [2.05, 4.69) is 5.32 Å². The number of hydrogen-bond acceptors (Lipinski definition) is 4. The number of carbonyl (C=O) groups excluding carboxylic acids is 1. The third-order valence-electron chi connectivity index (χ3n) is 5.13. The highest BCUT2D eigenvalue weighted by Gasteiger charge is 2.50. The molecule has 2 unspecified atom stereocenters. The van der Waals surface area contributed by atoms with Crippen LogP contribution in [0.15, 0.2) is 24.3 Å². The summed E-state index contributed by atoms with van der Waals surface area (Å²) in [7, 11) is 0. The number of nitro benzene ring substituents is 1. The second-order valence-corrected chi connectivity index (χ2v) is 6.36. The molecule has 3 saturated carbocycles. The molecule has 0 saturated heterocycles. The topological polar surface area (TPSA) is 110 Å². The number of rotatable bonds is 4. The fourth-order valence-corrected chi connectivity index (χ4v) is 4.10. The van der Waals surface area contributed by atoms with E-state index in [0.29, 0.717) is 5.69 Å². The number of carbonyl (C=O) groups is 2. The van der Waals surface area contributed by atoms with E-state index in [1.54, 1.807) is 6.07 Å². The highest BCUT2D eigenvalue weighted by molar-refractivity contribution is 5.95. The van der Waals surface area contributed by atoms with Crippen molar-refractivity contribution in [1.29, 1.82) is 0 Å². The molecule has 23 heavy (non-hydrogen) atoms. The van der Waals surface area contributed by atoms with Crippen LogP contribution in [-0.2, 0) is 9.59 Å². The summed E-state index contributed by atoms with van der Waals surface area (Å²) in [6.45, 7) is 0. The van der Waals surface area contributed by atoms with Crippen molar-refractivity contribution in [1.82, 2.24) is 0 Å². The summed E-state index contributed by atoms with van der Waals surface area (Å²) < 4.78 is 0. The van der Waals surface area contributed by atoms with E-state index in [1.165, 1.54) is 18.2 Å². The van der Waals surface area contributed by atoms with Crippen LogP contribution in [0.3, 0.4) is 0 Å². The van der Waals surface area contributed by atoms with Crippen molar-refractivity contribution in [3.63, 3.8) is 0 Å². The maximum absolute atomic E-state index is 12.6. The smallest absolute Gasteiger partial charge is 0.307 e. The van der Waals surface area contributed by atoms with Gasteiger partial charge in [-0.15, -0.1) is 0 Å². The van der Waals surface area contributed by atoms with Gasteiger partial charge in [0, 0.05) is 17.8 Å². The Morgan fingerprint density at radius 1 is 1.13 bits per heavy atom. The molecule has 0 aliphatic heterocycles. The molecule has 7 heteroatoms. The van der Waals surface area contributed by atoms with Gasteiger partial charge in [0.15, 0.2) is 0 Å². The first-order valence-electron chi connectivity index (χ1n) is 7.75. The van der Waals surface area contributed by atoms with Crippen molar-refractivity contribution >= 4 is 23.3 Å². The van der Waals surface area contributed by atoms with Gasteiger partial charge < -0.3 is 10.4 Å². The summed E-state index contributed by atoms with van der Waals surface area (Å²) in [5.74, 6) is -2.33. The normalized spacial score (nSPS) is 29.0. The number of carboxylic acids is 1. The Hall–Kier alpha value is -2.44. The van der Waals surface area contributed by atoms with Gasteiger partial charge in [-0.1, -0.05) is 6.07 Å². The van der Waals surface area contributed by atoms with Gasteiger partial charge in [0.2, 0.25) is 5.91 Å². The lowest BCUT2D eigenvalue weighted by molar-refractivity contribution is -0.384. The van der Waals surface area contributed by atoms with Crippen LogP contribution < -0.4 is 5.32 Å². The second-order valence-electron chi connectivity index (χ2n) is 6.36. The van der Waals surface area contributed by atoms with Crippen LogP contribution in [0.4, 0.5) is 11.4 Å². The van der Waals surface area contributed by atoms with Crippen LogP contribution in [0.1, 0.15) is 25.7 Å². The van der Waals surface area contributed by atoms with E-state index >= 15 is 0 Å². The van der Waals surface area contributed by atoms with Gasteiger partial charge in [-0.3, -0.25) is 19.7 Å². The largest absolute Gasteiger partial charge is 0.481 e. The molecule has 1 aromatic carbocycles. The highest BCUT2D eigenvalue weighted by atomic mass is 16.6. The lowest BCUT2D eigenvalue weighted by Crippen LogP contribution is -2.49. The van der Waals surface area contributed by atoms with Crippen LogP contribution in [0, 0.1) is 33.8 Å². The van der Waals surface area contributed by atoms with Crippen molar-refractivity contribution in [3.8, 4) is 0 Å². The number of hydrogen-bond donors (Lipinski definition) is 2. The number of nitrogens with zero attached hydrogens (tertiary/aromatic N) is 1. The zero-order valence-corrected chi connectivity index (χ0v) is 12.5. The minimum Gasteiger partial charge on any atom is -0.481 e. The maximum atomic E-state index is 12.6. The molecule has 3 fully saturated rings. The van der Waals surface area contributed by atoms with Crippen LogP contribution in [0.5, 0.6) is 0 Å². The number of benzene rings is 1. The predicted molar refractivity (Wildman–Crippen MR) is 81.8 cm³/mol. The van der Waals surface area contributed by atoms with Gasteiger partial charge in [0.25, 0.3) is 5.69 Å². The lowest BCUT2D eigenvalue weighted by atomic mass is 9.58. The monoisotopic (exact) mass is 318 g/mol. The standard InChI is InChI=1S/C16H18N2O5/c19-15(17-11-2-1-3-12(8-11)18(22)23)13-9-4-6-10(7-5-9)14(13)16(20)21/h1-3,8-10,13-14H,4-7H2,(H,17,19)(H,20,21). The third kappa shape index (κ3) is 2.91. The lowest BCUT2D eigenvalue weighted by Gasteiger charge is -2.45. The van der Waals surface area contributed by atoms with Crippen LogP contribution in [-0.4, -0.2) is 21.9 Å². The quantitative estimate of drug-likeness (QED) is 0.655. The Balaban J connectivity index is 1.80. The summed E-state index contributed by atoms with van der Waals surface area (Å²) >= 11 is 0. The SMILES string of the molecule is O=C(O)C1C2CCC(CC2)C1C(=O)Nc1cccc([N+](=O)[O-])c1. The number of nitro groups is 1. The van der Waals surface area contributed by atoms with Crippen molar-refractivity contribution in [3.05, 3.63) is 34.4 Å². The van der Waals surface area contributed by atoms with E-state index in [9.17, 15) is 24.8 Å². The first-order chi connectivity index (χ1) is 11.0. The number of anilines is 1. The zero-order valence-electron chi connectivity index (χ0n) is 12.5.